The summed E-state index contributed by atoms with van der Waals surface area (Å²) in [6.07, 6.45) is 6.16. The third kappa shape index (κ3) is 5.42. The Hall–Kier alpha value is -3.46. The van der Waals surface area contributed by atoms with Crippen molar-refractivity contribution >= 4 is 11.8 Å². The number of Topliss-reactive ketones (excluding diaryl/α,β-unsaturated/α-hetero) is 1. The van der Waals surface area contributed by atoms with E-state index in [-0.39, 0.29) is 24.1 Å². The van der Waals surface area contributed by atoms with Crippen LogP contribution in [0, 0.1) is 5.92 Å². The normalized spacial score (nSPS) is 12.4. The Morgan fingerprint density at radius 3 is 1.84 bits per heavy atom. The van der Waals surface area contributed by atoms with Gasteiger partial charge in [0, 0.05) is 23.1 Å². The first kappa shape index (κ1) is 23.2. The highest BCUT2D eigenvalue weighted by Gasteiger charge is 2.46. The van der Waals surface area contributed by atoms with Crippen molar-refractivity contribution in [2.24, 2.45) is 5.92 Å². The highest BCUT2D eigenvalue weighted by molar-refractivity contribution is 6.06. The molecule has 0 N–H and O–H groups in total. The number of ketones is 1. The molecule has 164 valence electrons. The minimum atomic E-state index is -1.55. The molecule has 3 rings (SSSR count). The summed E-state index contributed by atoms with van der Waals surface area (Å²) < 4.78 is 6.20. The largest absolute Gasteiger partial charge is 0.441 e. The quantitative estimate of drug-likeness (QED) is 0.205. The molecule has 0 heterocycles. The maximum Gasteiger partial charge on any atom is 0.307 e. The molecule has 0 bridgehead atoms. The summed E-state index contributed by atoms with van der Waals surface area (Å²) >= 11 is 0. The van der Waals surface area contributed by atoms with E-state index in [9.17, 15) is 9.59 Å². The monoisotopic (exact) mass is 426 g/mol. The van der Waals surface area contributed by atoms with Gasteiger partial charge in [-0.25, -0.2) is 0 Å². The van der Waals surface area contributed by atoms with Crippen LogP contribution in [-0.4, -0.2) is 11.8 Å². The van der Waals surface area contributed by atoms with Gasteiger partial charge in [0.15, 0.2) is 0 Å². The van der Waals surface area contributed by atoms with Crippen molar-refractivity contribution in [1.82, 2.24) is 0 Å². The standard InChI is InChI=1S/C29H30O3/c1-3-4-8-15-23(2)22-27(30)32-29(25-18-11-6-12-19-25,26-20-13-7-14-21-26)28(31)24-16-9-5-10-17-24/h3-7,9-14,16-21,23H,8,15,22H2,1-2H3/b4-3+/t23-/m1/s1. The Kier molecular flexibility index (Phi) is 8.15. The molecule has 3 aromatic rings. The van der Waals surface area contributed by atoms with Gasteiger partial charge < -0.3 is 4.74 Å². The molecule has 32 heavy (non-hydrogen) atoms. The first-order chi connectivity index (χ1) is 15.6. The molecule has 3 heteroatoms. The fraction of sp³-hybridized carbons (Fsp3) is 0.241. The second-order valence-electron chi connectivity index (χ2n) is 8.04. The number of hydrogen-bond donors (Lipinski definition) is 0. The van der Waals surface area contributed by atoms with Crippen LogP contribution in [0.2, 0.25) is 0 Å². The molecule has 0 radical (unpaired) electrons. The molecule has 3 nitrogen and oxygen atoms in total. The van der Waals surface area contributed by atoms with E-state index in [1.807, 2.05) is 98.8 Å². The molecule has 0 aliphatic rings. The Labute approximate surface area is 190 Å². The van der Waals surface area contributed by atoms with Crippen molar-refractivity contribution in [3.05, 3.63) is 120 Å². The molecular formula is C29H30O3. The van der Waals surface area contributed by atoms with Crippen LogP contribution in [0.25, 0.3) is 0 Å². The van der Waals surface area contributed by atoms with Crippen LogP contribution in [0.1, 0.15) is 54.6 Å². The van der Waals surface area contributed by atoms with Crippen LogP contribution in [-0.2, 0) is 15.1 Å². The molecule has 0 aromatic heterocycles. The summed E-state index contributed by atoms with van der Waals surface area (Å²) in [5.41, 5.74) is 0.211. The van der Waals surface area contributed by atoms with Crippen molar-refractivity contribution in [3.8, 4) is 0 Å². The number of allylic oxidation sites excluding steroid dienone is 2. The minimum Gasteiger partial charge on any atom is -0.441 e. The van der Waals surface area contributed by atoms with E-state index in [1.165, 1.54) is 0 Å². The van der Waals surface area contributed by atoms with Crippen molar-refractivity contribution in [2.45, 2.75) is 38.7 Å². The number of benzene rings is 3. The molecule has 0 amide bonds. The third-order valence-corrected chi connectivity index (χ3v) is 5.56. The van der Waals surface area contributed by atoms with Crippen molar-refractivity contribution in [2.75, 3.05) is 0 Å². The van der Waals surface area contributed by atoms with Crippen LogP contribution < -0.4 is 0 Å². The minimum absolute atomic E-state index is 0.148. The van der Waals surface area contributed by atoms with E-state index in [4.69, 9.17) is 4.74 Å². The number of rotatable bonds is 10. The van der Waals surface area contributed by atoms with Gasteiger partial charge in [-0.1, -0.05) is 110 Å². The lowest BCUT2D eigenvalue weighted by Gasteiger charge is -2.33. The molecule has 0 aliphatic carbocycles. The average molecular weight is 427 g/mol. The number of ether oxygens (including phenoxy) is 1. The van der Waals surface area contributed by atoms with E-state index in [2.05, 4.69) is 6.08 Å². The molecule has 0 aliphatic heterocycles. The van der Waals surface area contributed by atoms with E-state index >= 15 is 0 Å². The second kappa shape index (κ2) is 11.2. The SMILES string of the molecule is C/C=C/CC[C@@H](C)CC(=O)OC(C(=O)c1ccccc1)(c1ccccc1)c1ccccc1. The van der Waals surface area contributed by atoms with Gasteiger partial charge >= 0.3 is 5.97 Å². The van der Waals surface area contributed by atoms with E-state index in [1.54, 1.807) is 12.1 Å². The highest BCUT2D eigenvalue weighted by Crippen LogP contribution is 2.38. The molecule has 0 saturated carbocycles. The Morgan fingerprint density at radius 2 is 1.34 bits per heavy atom. The zero-order valence-electron chi connectivity index (χ0n) is 18.7. The van der Waals surface area contributed by atoms with Gasteiger partial charge in [-0.2, -0.15) is 0 Å². The average Bonchev–Trinajstić information content (AvgIpc) is 2.84. The molecule has 0 unspecified atom stereocenters. The summed E-state index contributed by atoms with van der Waals surface area (Å²) in [6.45, 7) is 4.03. The first-order valence-corrected chi connectivity index (χ1v) is 11.1. The van der Waals surface area contributed by atoms with Crippen LogP contribution in [0.15, 0.2) is 103 Å². The maximum atomic E-state index is 14.0. The third-order valence-electron chi connectivity index (χ3n) is 5.56. The van der Waals surface area contributed by atoms with E-state index in [0.717, 1.165) is 12.8 Å². The number of carbonyl (C=O) groups is 2. The Morgan fingerprint density at radius 1 is 0.844 bits per heavy atom. The molecule has 1 atom stereocenters. The predicted molar refractivity (Wildman–Crippen MR) is 128 cm³/mol. The summed E-state index contributed by atoms with van der Waals surface area (Å²) in [4.78, 5) is 27.2. The highest BCUT2D eigenvalue weighted by atomic mass is 16.6. The fourth-order valence-corrected chi connectivity index (χ4v) is 3.88. The molecule has 0 spiro atoms. The lowest BCUT2D eigenvalue weighted by atomic mass is 9.79. The van der Waals surface area contributed by atoms with Gasteiger partial charge in [-0.3, -0.25) is 9.59 Å². The summed E-state index contributed by atoms with van der Waals surface area (Å²) in [5, 5.41) is 0. The fourth-order valence-electron chi connectivity index (χ4n) is 3.88. The first-order valence-electron chi connectivity index (χ1n) is 11.1. The smallest absolute Gasteiger partial charge is 0.307 e. The molecule has 3 aromatic carbocycles. The van der Waals surface area contributed by atoms with Crippen LogP contribution in [0.4, 0.5) is 0 Å². The maximum absolute atomic E-state index is 14.0. The van der Waals surface area contributed by atoms with Crippen molar-refractivity contribution in [3.63, 3.8) is 0 Å². The van der Waals surface area contributed by atoms with E-state index in [0.29, 0.717) is 16.7 Å². The molecule has 0 fully saturated rings. The topological polar surface area (TPSA) is 43.4 Å². The molecule has 0 saturated heterocycles. The Balaban J connectivity index is 2.05. The van der Waals surface area contributed by atoms with Gasteiger partial charge in [0.2, 0.25) is 11.4 Å². The zero-order valence-corrected chi connectivity index (χ0v) is 18.7. The Bertz CT molecular complexity index is 984. The number of hydrogen-bond acceptors (Lipinski definition) is 3. The van der Waals surface area contributed by atoms with Crippen LogP contribution >= 0.6 is 0 Å². The predicted octanol–water partition coefficient (Wildman–Crippen LogP) is 6.74. The van der Waals surface area contributed by atoms with Crippen LogP contribution in [0.5, 0.6) is 0 Å². The number of esters is 1. The lowest BCUT2D eigenvalue weighted by Crippen LogP contribution is -2.42. The summed E-state index contributed by atoms with van der Waals surface area (Å²) in [7, 11) is 0. The molecular weight excluding hydrogens is 396 g/mol. The van der Waals surface area contributed by atoms with Crippen molar-refractivity contribution in [1.29, 1.82) is 0 Å². The van der Waals surface area contributed by atoms with Gasteiger partial charge in [-0.15, -0.1) is 0 Å². The lowest BCUT2D eigenvalue weighted by molar-refractivity contribution is -0.154. The summed E-state index contributed by atoms with van der Waals surface area (Å²) in [5.74, 6) is -0.491. The van der Waals surface area contributed by atoms with Crippen molar-refractivity contribution < 1.29 is 14.3 Å². The van der Waals surface area contributed by atoms with E-state index < -0.39 is 5.60 Å². The van der Waals surface area contributed by atoms with Gasteiger partial charge in [0.1, 0.15) is 0 Å². The summed E-state index contributed by atoms with van der Waals surface area (Å²) in [6, 6.07) is 27.6. The number of carbonyl (C=O) groups excluding carboxylic acids is 2. The second-order valence-corrected chi connectivity index (χ2v) is 8.04. The van der Waals surface area contributed by atoms with Gasteiger partial charge in [-0.05, 0) is 25.7 Å². The van der Waals surface area contributed by atoms with Gasteiger partial charge in [0.25, 0.3) is 0 Å². The van der Waals surface area contributed by atoms with Crippen LogP contribution in [0.3, 0.4) is 0 Å². The van der Waals surface area contributed by atoms with Gasteiger partial charge in [0.05, 0.1) is 0 Å². The zero-order chi connectivity index (χ0) is 22.8.